The molecule has 1 amide bonds. The first-order valence-electron chi connectivity index (χ1n) is 8.48. The number of nitriles is 1. The molecule has 3 atom stereocenters. The standard InChI is InChI=1S/C19H27N3O2/c1-14(2)19(4,13-20)21-18(23)11-22-10-15(3)24-12-17(22)16-8-6-5-7-9-16/h5-9,14-15,17H,10-12H2,1-4H3,(H,21,23). The number of ether oxygens (including phenoxy) is 1. The molecule has 0 saturated carbocycles. The van der Waals surface area contributed by atoms with Crippen molar-refractivity contribution >= 4 is 5.91 Å². The van der Waals surface area contributed by atoms with Gasteiger partial charge in [-0.3, -0.25) is 9.69 Å². The van der Waals surface area contributed by atoms with Gasteiger partial charge in [-0.25, -0.2) is 0 Å². The molecule has 1 aromatic carbocycles. The van der Waals surface area contributed by atoms with Gasteiger partial charge in [-0.2, -0.15) is 5.26 Å². The minimum Gasteiger partial charge on any atom is -0.375 e. The summed E-state index contributed by atoms with van der Waals surface area (Å²) in [6.07, 6.45) is 0.0882. The largest absolute Gasteiger partial charge is 0.375 e. The first-order valence-corrected chi connectivity index (χ1v) is 8.48. The van der Waals surface area contributed by atoms with Crippen molar-refractivity contribution in [1.82, 2.24) is 10.2 Å². The molecule has 0 aromatic heterocycles. The molecule has 1 fully saturated rings. The van der Waals surface area contributed by atoms with Gasteiger partial charge >= 0.3 is 0 Å². The van der Waals surface area contributed by atoms with E-state index >= 15 is 0 Å². The molecule has 0 aliphatic carbocycles. The molecule has 130 valence electrons. The summed E-state index contributed by atoms with van der Waals surface area (Å²) in [6.45, 7) is 9.18. The normalized spacial score (nSPS) is 24.2. The van der Waals surface area contributed by atoms with Gasteiger partial charge in [-0.15, -0.1) is 0 Å². The van der Waals surface area contributed by atoms with E-state index in [0.29, 0.717) is 13.2 Å². The molecule has 1 saturated heterocycles. The van der Waals surface area contributed by atoms with Crippen molar-refractivity contribution in [3.63, 3.8) is 0 Å². The zero-order chi connectivity index (χ0) is 17.7. The second-order valence-electron chi connectivity index (χ2n) is 7.02. The number of benzene rings is 1. The third-order valence-corrected chi connectivity index (χ3v) is 4.79. The van der Waals surface area contributed by atoms with Crippen LogP contribution in [0.1, 0.15) is 39.3 Å². The van der Waals surface area contributed by atoms with Crippen molar-refractivity contribution in [3.8, 4) is 6.07 Å². The molecular weight excluding hydrogens is 302 g/mol. The van der Waals surface area contributed by atoms with Crippen LogP contribution >= 0.6 is 0 Å². The van der Waals surface area contributed by atoms with Gasteiger partial charge in [0.25, 0.3) is 0 Å². The van der Waals surface area contributed by atoms with Crippen LogP contribution in [0.5, 0.6) is 0 Å². The number of carbonyl (C=O) groups is 1. The van der Waals surface area contributed by atoms with Crippen molar-refractivity contribution in [2.75, 3.05) is 19.7 Å². The van der Waals surface area contributed by atoms with E-state index < -0.39 is 5.54 Å². The van der Waals surface area contributed by atoms with E-state index in [-0.39, 0.29) is 30.5 Å². The Hall–Kier alpha value is -1.90. The Morgan fingerprint density at radius 2 is 2.12 bits per heavy atom. The maximum atomic E-state index is 12.5. The molecule has 5 heteroatoms. The maximum absolute atomic E-state index is 12.5. The molecule has 1 aromatic rings. The van der Waals surface area contributed by atoms with E-state index in [1.165, 1.54) is 0 Å². The summed E-state index contributed by atoms with van der Waals surface area (Å²) >= 11 is 0. The molecule has 5 nitrogen and oxygen atoms in total. The zero-order valence-electron chi connectivity index (χ0n) is 15.0. The third kappa shape index (κ3) is 4.34. The van der Waals surface area contributed by atoms with Crippen LogP contribution in [0, 0.1) is 17.2 Å². The summed E-state index contributed by atoms with van der Waals surface area (Å²) < 4.78 is 5.79. The average Bonchev–Trinajstić information content (AvgIpc) is 2.55. The smallest absolute Gasteiger partial charge is 0.235 e. The van der Waals surface area contributed by atoms with E-state index in [1.807, 2.05) is 39.0 Å². The lowest BCUT2D eigenvalue weighted by atomic mass is 9.90. The van der Waals surface area contributed by atoms with Crippen LogP contribution in [-0.2, 0) is 9.53 Å². The molecule has 0 bridgehead atoms. The fourth-order valence-electron chi connectivity index (χ4n) is 2.84. The number of nitrogens with zero attached hydrogens (tertiary/aromatic N) is 2. The Morgan fingerprint density at radius 3 is 2.71 bits per heavy atom. The van der Waals surface area contributed by atoms with Crippen LogP contribution in [0.2, 0.25) is 0 Å². The number of nitrogens with one attached hydrogen (secondary N) is 1. The van der Waals surface area contributed by atoms with Crippen molar-refractivity contribution in [1.29, 1.82) is 5.26 Å². The van der Waals surface area contributed by atoms with Gasteiger partial charge < -0.3 is 10.1 Å². The highest BCUT2D eigenvalue weighted by Gasteiger charge is 2.33. The van der Waals surface area contributed by atoms with Gasteiger partial charge in [-0.05, 0) is 25.3 Å². The van der Waals surface area contributed by atoms with Crippen LogP contribution in [0.3, 0.4) is 0 Å². The maximum Gasteiger partial charge on any atom is 0.235 e. The highest BCUT2D eigenvalue weighted by atomic mass is 16.5. The summed E-state index contributed by atoms with van der Waals surface area (Å²) in [5.74, 6) is -0.0808. The molecule has 3 unspecified atom stereocenters. The Morgan fingerprint density at radius 1 is 1.46 bits per heavy atom. The quantitative estimate of drug-likeness (QED) is 0.901. The van der Waals surface area contributed by atoms with Crippen LogP contribution in [0.15, 0.2) is 30.3 Å². The van der Waals surface area contributed by atoms with E-state index in [9.17, 15) is 10.1 Å². The predicted molar refractivity (Wildman–Crippen MR) is 93.2 cm³/mol. The Balaban J connectivity index is 2.09. The van der Waals surface area contributed by atoms with Crippen LogP contribution in [0.4, 0.5) is 0 Å². The average molecular weight is 329 g/mol. The summed E-state index contributed by atoms with van der Waals surface area (Å²) in [5.41, 5.74) is 0.293. The fraction of sp³-hybridized carbons (Fsp3) is 0.579. The molecule has 0 radical (unpaired) electrons. The van der Waals surface area contributed by atoms with Gasteiger partial charge in [0.1, 0.15) is 5.54 Å². The van der Waals surface area contributed by atoms with Gasteiger partial charge in [0.2, 0.25) is 5.91 Å². The van der Waals surface area contributed by atoms with E-state index in [2.05, 4.69) is 28.4 Å². The van der Waals surface area contributed by atoms with E-state index in [0.717, 1.165) is 5.56 Å². The van der Waals surface area contributed by atoms with Crippen LogP contribution in [-0.4, -0.2) is 42.1 Å². The van der Waals surface area contributed by atoms with Crippen LogP contribution < -0.4 is 5.32 Å². The summed E-state index contributed by atoms with van der Waals surface area (Å²) in [5, 5.41) is 12.3. The Bertz CT molecular complexity index is 596. The van der Waals surface area contributed by atoms with Gasteiger partial charge in [-0.1, -0.05) is 44.2 Å². The number of morpholine rings is 1. The van der Waals surface area contributed by atoms with Crippen molar-refractivity contribution in [2.45, 2.75) is 45.4 Å². The molecule has 1 N–H and O–H groups in total. The first-order chi connectivity index (χ1) is 11.4. The molecule has 1 heterocycles. The van der Waals surface area contributed by atoms with Crippen molar-refractivity contribution < 1.29 is 9.53 Å². The lowest BCUT2D eigenvalue weighted by Gasteiger charge is -2.39. The number of hydrogen-bond acceptors (Lipinski definition) is 4. The number of carbonyl (C=O) groups excluding carboxylic acids is 1. The minimum atomic E-state index is -0.850. The van der Waals surface area contributed by atoms with Crippen molar-refractivity contribution in [3.05, 3.63) is 35.9 Å². The third-order valence-electron chi connectivity index (χ3n) is 4.79. The number of rotatable bonds is 5. The predicted octanol–water partition coefficient (Wildman–Crippen LogP) is 2.50. The monoisotopic (exact) mass is 329 g/mol. The SMILES string of the molecule is CC1CN(CC(=O)NC(C)(C#N)C(C)C)C(c2ccccc2)CO1. The molecule has 0 spiro atoms. The lowest BCUT2D eigenvalue weighted by molar-refractivity contribution is -0.128. The molecule has 2 rings (SSSR count). The summed E-state index contributed by atoms with van der Waals surface area (Å²) in [7, 11) is 0. The number of amides is 1. The highest BCUT2D eigenvalue weighted by molar-refractivity contribution is 5.79. The highest BCUT2D eigenvalue weighted by Crippen LogP contribution is 2.26. The van der Waals surface area contributed by atoms with Crippen molar-refractivity contribution in [2.24, 2.45) is 5.92 Å². The van der Waals surface area contributed by atoms with E-state index in [4.69, 9.17) is 4.74 Å². The Labute approximate surface area is 144 Å². The second kappa shape index (κ2) is 7.78. The first kappa shape index (κ1) is 18.4. The van der Waals surface area contributed by atoms with Crippen LogP contribution in [0.25, 0.3) is 0 Å². The summed E-state index contributed by atoms with van der Waals surface area (Å²) in [4.78, 5) is 14.7. The van der Waals surface area contributed by atoms with Gasteiger partial charge in [0.05, 0.1) is 31.4 Å². The topological polar surface area (TPSA) is 65.4 Å². The molecule has 1 aliphatic rings. The Kier molecular flexibility index (Phi) is 5.98. The number of hydrogen-bond donors (Lipinski definition) is 1. The summed E-state index contributed by atoms with van der Waals surface area (Å²) in [6, 6.07) is 12.4. The van der Waals surface area contributed by atoms with Gasteiger partial charge in [0.15, 0.2) is 0 Å². The van der Waals surface area contributed by atoms with Gasteiger partial charge in [0, 0.05) is 6.54 Å². The lowest BCUT2D eigenvalue weighted by Crippen LogP contribution is -2.54. The zero-order valence-corrected chi connectivity index (χ0v) is 15.0. The molecular formula is C19H27N3O2. The molecule has 1 aliphatic heterocycles. The minimum absolute atomic E-state index is 0.0417. The molecule has 24 heavy (non-hydrogen) atoms. The van der Waals surface area contributed by atoms with E-state index in [1.54, 1.807) is 6.92 Å². The fourth-order valence-corrected chi connectivity index (χ4v) is 2.84. The second-order valence-corrected chi connectivity index (χ2v) is 7.02.